The molecule has 0 bridgehead atoms. The summed E-state index contributed by atoms with van der Waals surface area (Å²) in [4.78, 5) is 0. The largest absolute Gasteiger partial charge is 0.316 e. The van der Waals surface area contributed by atoms with E-state index in [1.54, 1.807) is 0 Å². The Morgan fingerprint density at radius 3 is 2.79 bits per heavy atom. The molecule has 0 aliphatic carbocycles. The summed E-state index contributed by atoms with van der Waals surface area (Å²) >= 11 is 0. The smallest absolute Gasteiger partial charge is 0.000264 e. The second kappa shape index (κ2) is 5.72. The van der Waals surface area contributed by atoms with Crippen LogP contribution in [0.2, 0.25) is 0 Å². The van der Waals surface area contributed by atoms with Gasteiger partial charge in [-0.25, -0.2) is 0 Å². The normalized spacial score (nSPS) is 22.9. The second-order valence-corrected chi connectivity index (χ2v) is 5.40. The van der Waals surface area contributed by atoms with E-state index in [0.29, 0.717) is 5.41 Å². The molecule has 1 aliphatic heterocycles. The lowest BCUT2D eigenvalue weighted by Crippen LogP contribution is -2.33. The molecule has 1 rings (SSSR count). The highest BCUT2D eigenvalue weighted by Gasteiger charge is 2.18. The minimum atomic E-state index is 0.473. The first kappa shape index (κ1) is 12.0. The molecule has 2 nitrogen and oxygen atoms in total. The Labute approximate surface area is 88.8 Å². The van der Waals surface area contributed by atoms with Crippen LogP contribution in [0.1, 0.15) is 40.0 Å². The van der Waals surface area contributed by atoms with Gasteiger partial charge in [0.25, 0.3) is 0 Å². The Balaban J connectivity index is 2.07. The lowest BCUT2D eigenvalue weighted by Gasteiger charge is -2.25. The number of rotatable bonds is 6. The first-order valence-corrected chi connectivity index (χ1v) is 6.05. The van der Waals surface area contributed by atoms with Gasteiger partial charge in [0.05, 0.1) is 0 Å². The highest BCUT2D eigenvalue weighted by Crippen LogP contribution is 2.20. The predicted molar refractivity (Wildman–Crippen MR) is 62.5 cm³/mol. The molecule has 1 unspecified atom stereocenters. The Morgan fingerprint density at radius 1 is 1.43 bits per heavy atom. The third-order valence-corrected chi connectivity index (χ3v) is 3.13. The average molecular weight is 198 g/mol. The van der Waals surface area contributed by atoms with Crippen LogP contribution in [-0.2, 0) is 0 Å². The summed E-state index contributed by atoms with van der Waals surface area (Å²) in [5, 5.41) is 7.02. The first-order valence-electron chi connectivity index (χ1n) is 6.05. The summed E-state index contributed by atoms with van der Waals surface area (Å²) < 4.78 is 0. The highest BCUT2D eigenvalue weighted by molar-refractivity contribution is 4.76. The molecule has 84 valence electrons. The Bertz CT molecular complexity index is 148. The van der Waals surface area contributed by atoms with Crippen molar-refractivity contribution in [1.82, 2.24) is 10.6 Å². The fourth-order valence-corrected chi connectivity index (χ4v) is 2.27. The van der Waals surface area contributed by atoms with Gasteiger partial charge in [0.15, 0.2) is 0 Å². The monoisotopic (exact) mass is 198 g/mol. The van der Waals surface area contributed by atoms with E-state index in [-0.39, 0.29) is 0 Å². The lowest BCUT2D eigenvalue weighted by atomic mass is 9.88. The average Bonchev–Trinajstić information content (AvgIpc) is 2.56. The van der Waals surface area contributed by atoms with Gasteiger partial charge in [-0.1, -0.05) is 27.2 Å². The summed E-state index contributed by atoms with van der Waals surface area (Å²) in [6.45, 7) is 11.8. The van der Waals surface area contributed by atoms with Crippen LogP contribution in [0.25, 0.3) is 0 Å². The molecule has 2 N–H and O–H groups in total. The van der Waals surface area contributed by atoms with Crippen LogP contribution in [0, 0.1) is 11.3 Å². The van der Waals surface area contributed by atoms with Crippen molar-refractivity contribution in [2.75, 3.05) is 26.2 Å². The zero-order valence-corrected chi connectivity index (χ0v) is 10.0. The van der Waals surface area contributed by atoms with Gasteiger partial charge in [-0.2, -0.15) is 0 Å². The molecule has 0 aromatic heterocycles. The summed E-state index contributed by atoms with van der Waals surface area (Å²) in [6.07, 6.45) is 3.96. The third-order valence-electron chi connectivity index (χ3n) is 3.13. The molecule has 1 heterocycles. The van der Waals surface area contributed by atoms with Gasteiger partial charge < -0.3 is 10.6 Å². The Hall–Kier alpha value is -0.0800. The molecule has 0 saturated carbocycles. The Kier molecular flexibility index (Phi) is 4.90. The topological polar surface area (TPSA) is 24.1 Å². The second-order valence-electron chi connectivity index (χ2n) is 5.40. The predicted octanol–water partition coefficient (Wildman–Crippen LogP) is 2.01. The fraction of sp³-hybridized carbons (Fsp3) is 1.00. The molecule has 0 amide bonds. The van der Waals surface area contributed by atoms with Gasteiger partial charge >= 0.3 is 0 Å². The summed E-state index contributed by atoms with van der Waals surface area (Å²) in [7, 11) is 0. The van der Waals surface area contributed by atoms with E-state index in [2.05, 4.69) is 31.4 Å². The zero-order valence-electron chi connectivity index (χ0n) is 10.0. The van der Waals surface area contributed by atoms with Gasteiger partial charge in [-0.3, -0.25) is 0 Å². The van der Waals surface area contributed by atoms with Crippen molar-refractivity contribution >= 4 is 0 Å². The molecule has 0 aromatic carbocycles. The van der Waals surface area contributed by atoms with E-state index >= 15 is 0 Å². The molecule has 1 saturated heterocycles. The van der Waals surface area contributed by atoms with E-state index in [9.17, 15) is 0 Å². The minimum Gasteiger partial charge on any atom is -0.316 e. The van der Waals surface area contributed by atoms with E-state index < -0.39 is 0 Å². The van der Waals surface area contributed by atoms with Crippen LogP contribution in [0.15, 0.2) is 0 Å². The van der Waals surface area contributed by atoms with Gasteiger partial charge in [0.1, 0.15) is 0 Å². The van der Waals surface area contributed by atoms with Crippen molar-refractivity contribution < 1.29 is 0 Å². The molecule has 2 heteroatoms. The van der Waals surface area contributed by atoms with Crippen LogP contribution in [0.3, 0.4) is 0 Å². The number of hydrogen-bond acceptors (Lipinski definition) is 2. The minimum absolute atomic E-state index is 0.473. The van der Waals surface area contributed by atoms with Crippen LogP contribution < -0.4 is 10.6 Å². The summed E-state index contributed by atoms with van der Waals surface area (Å²) in [5.41, 5.74) is 0.473. The standard InChI is InChI=1S/C12H26N2/c1-4-6-12(2,3)10-14-9-11-5-7-13-8-11/h11,13-14H,4-10H2,1-3H3. The maximum Gasteiger partial charge on any atom is 0.000264 e. The van der Waals surface area contributed by atoms with Crippen LogP contribution in [0.5, 0.6) is 0 Å². The van der Waals surface area contributed by atoms with Crippen molar-refractivity contribution in [2.24, 2.45) is 11.3 Å². The molecule has 0 spiro atoms. The maximum atomic E-state index is 3.61. The van der Waals surface area contributed by atoms with E-state index in [1.807, 2.05) is 0 Å². The lowest BCUT2D eigenvalue weighted by molar-refractivity contribution is 0.303. The zero-order chi connectivity index (χ0) is 10.4. The summed E-state index contributed by atoms with van der Waals surface area (Å²) in [5.74, 6) is 0.868. The molecule has 1 aliphatic rings. The SMILES string of the molecule is CCCC(C)(C)CNCC1CCNC1. The molecular formula is C12H26N2. The van der Waals surface area contributed by atoms with Crippen molar-refractivity contribution in [3.05, 3.63) is 0 Å². The van der Waals surface area contributed by atoms with Crippen molar-refractivity contribution in [1.29, 1.82) is 0 Å². The highest BCUT2D eigenvalue weighted by atomic mass is 14.9. The van der Waals surface area contributed by atoms with Crippen LogP contribution in [0.4, 0.5) is 0 Å². The van der Waals surface area contributed by atoms with Crippen LogP contribution >= 0.6 is 0 Å². The third kappa shape index (κ3) is 4.43. The fourth-order valence-electron chi connectivity index (χ4n) is 2.27. The number of nitrogens with one attached hydrogen (secondary N) is 2. The number of hydrogen-bond donors (Lipinski definition) is 2. The van der Waals surface area contributed by atoms with Crippen LogP contribution in [-0.4, -0.2) is 26.2 Å². The van der Waals surface area contributed by atoms with Crippen molar-refractivity contribution in [3.8, 4) is 0 Å². The molecule has 0 radical (unpaired) electrons. The van der Waals surface area contributed by atoms with Gasteiger partial charge in [-0.05, 0) is 43.8 Å². The van der Waals surface area contributed by atoms with Gasteiger partial charge in [0, 0.05) is 6.54 Å². The van der Waals surface area contributed by atoms with E-state index in [0.717, 1.165) is 12.5 Å². The maximum absolute atomic E-state index is 3.61. The van der Waals surface area contributed by atoms with Gasteiger partial charge in [-0.15, -0.1) is 0 Å². The Morgan fingerprint density at radius 2 is 2.21 bits per heavy atom. The quantitative estimate of drug-likeness (QED) is 0.682. The molecule has 1 fully saturated rings. The van der Waals surface area contributed by atoms with E-state index in [4.69, 9.17) is 0 Å². The molecule has 0 aromatic rings. The molecular weight excluding hydrogens is 172 g/mol. The van der Waals surface area contributed by atoms with Gasteiger partial charge in [0.2, 0.25) is 0 Å². The van der Waals surface area contributed by atoms with E-state index in [1.165, 1.54) is 38.9 Å². The first-order chi connectivity index (χ1) is 6.64. The van der Waals surface area contributed by atoms with Crippen molar-refractivity contribution in [3.63, 3.8) is 0 Å². The summed E-state index contributed by atoms with van der Waals surface area (Å²) in [6, 6.07) is 0. The molecule has 14 heavy (non-hydrogen) atoms. The molecule has 1 atom stereocenters. The van der Waals surface area contributed by atoms with Crippen molar-refractivity contribution in [2.45, 2.75) is 40.0 Å².